The Morgan fingerprint density at radius 3 is 2.28 bits per heavy atom. The van der Waals surface area contributed by atoms with Crippen LogP contribution in [0.15, 0.2) is 24.3 Å². The summed E-state index contributed by atoms with van der Waals surface area (Å²) in [6.45, 7) is 3.34. The van der Waals surface area contributed by atoms with Crippen molar-refractivity contribution in [3.05, 3.63) is 35.4 Å². The Morgan fingerprint density at radius 1 is 1.16 bits per heavy atom. The fraction of sp³-hybridized carbons (Fsp3) is 0.650. The van der Waals surface area contributed by atoms with Crippen LogP contribution in [0.2, 0.25) is 0 Å². The number of carboxylic acids is 1. The number of hydrogen-bond donors (Lipinski definition) is 0. The second-order valence-corrected chi connectivity index (χ2v) is 7.95. The summed E-state index contributed by atoms with van der Waals surface area (Å²) < 4.78 is 11.3. The molecule has 4 rings (SSSR count). The molecule has 0 unspecified atom stereocenters. The van der Waals surface area contributed by atoms with Gasteiger partial charge in [0.15, 0.2) is 0 Å². The quantitative estimate of drug-likeness (QED) is 0.660. The molecule has 0 radical (unpaired) electrons. The Hall–Kier alpha value is -0.390. The molecule has 25 heavy (non-hydrogen) atoms. The van der Waals surface area contributed by atoms with Gasteiger partial charge in [-0.2, -0.15) is 0 Å². The van der Waals surface area contributed by atoms with E-state index in [-0.39, 0.29) is 47.2 Å². The number of rotatable bonds is 6. The molecule has 1 aromatic rings. The Balaban J connectivity index is 0.00000225. The molecule has 2 bridgehead atoms. The average molecular weight is 354 g/mol. The summed E-state index contributed by atoms with van der Waals surface area (Å²) in [6.07, 6.45) is 6.87. The predicted octanol–water partition coefficient (Wildman–Crippen LogP) is -0.273. The SMILES string of the molecule is COC12CCC(c3cccc(COC(C)(C)C(=O)[O-])c3)(CC1)CC2.[Na+]. The van der Waals surface area contributed by atoms with Crippen molar-refractivity contribution in [1.82, 2.24) is 0 Å². The van der Waals surface area contributed by atoms with E-state index in [9.17, 15) is 9.90 Å². The van der Waals surface area contributed by atoms with Crippen molar-refractivity contribution < 1.29 is 48.9 Å². The van der Waals surface area contributed by atoms with E-state index in [4.69, 9.17) is 9.47 Å². The standard InChI is InChI=1S/C20H28O4.Na/c1-18(2,17(21)22)24-14-15-5-4-6-16(13-15)19-7-10-20(23-3,11-8-19)12-9-19;/h4-6,13H,7-12,14H2,1-3H3,(H,21,22);/q;+1/p-1. The van der Waals surface area contributed by atoms with Gasteiger partial charge < -0.3 is 19.4 Å². The molecule has 3 aliphatic carbocycles. The molecule has 3 aliphatic rings. The molecule has 0 spiro atoms. The van der Waals surface area contributed by atoms with Gasteiger partial charge in [-0.05, 0) is 68.9 Å². The van der Waals surface area contributed by atoms with Crippen LogP contribution in [0.4, 0.5) is 0 Å². The van der Waals surface area contributed by atoms with Crippen LogP contribution in [0.1, 0.15) is 63.5 Å². The number of carbonyl (C=O) groups is 1. The van der Waals surface area contributed by atoms with Gasteiger partial charge >= 0.3 is 29.6 Å². The molecule has 4 nitrogen and oxygen atoms in total. The maximum atomic E-state index is 11.1. The molecular formula is C20H27NaO4. The van der Waals surface area contributed by atoms with E-state index in [1.54, 1.807) is 0 Å². The summed E-state index contributed by atoms with van der Waals surface area (Å²) in [6, 6.07) is 8.45. The van der Waals surface area contributed by atoms with Crippen LogP contribution in [0, 0.1) is 0 Å². The third-order valence-corrected chi connectivity index (χ3v) is 6.24. The van der Waals surface area contributed by atoms with E-state index in [2.05, 4.69) is 18.2 Å². The largest absolute Gasteiger partial charge is 1.00 e. The third-order valence-electron chi connectivity index (χ3n) is 6.24. The van der Waals surface area contributed by atoms with Crippen molar-refractivity contribution in [3.8, 4) is 0 Å². The fourth-order valence-corrected chi connectivity index (χ4v) is 4.20. The van der Waals surface area contributed by atoms with E-state index < -0.39 is 11.6 Å². The normalized spacial score (nSPS) is 28.4. The molecule has 132 valence electrons. The molecule has 3 saturated carbocycles. The maximum Gasteiger partial charge on any atom is 1.00 e. The number of benzene rings is 1. The fourth-order valence-electron chi connectivity index (χ4n) is 4.20. The van der Waals surface area contributed by atoms with Gasteiger partial charge in [-0.25, -0.2) is 0 Å². The summed E-state index contributed by atoms with van der Waals surface area (Å²) in [5.74, 6) is -1.19. The molecule has 0 amide bonds. The monoisotopic (exact) mass is 354 g/mol. The number of ether oxygens (including phenoxy) is 2. The Morgan fingerprint density at radius 2 is 1.76 bits per heavy atom. The first-order chi connectivity index (χ1) is 11.3. The van der Waals surface area contributed by atoms with Crippen LogP contribution in [-0.2, 0) is 26.3 Å². The second kappa shape index (κ2) is 7.69. The minimum Gasteiger partial charge on any atom is -0.547 e. The molecule has 0 N–H and O–H groups in total. The van der Waals surface area contributed by atoms with E-state index >= 15 is 0 Å². The zero-order valence-electron chi connectivity index (χ0n) is 15.9. The van der Waals surface area contributed by atoms with Gasteiger partial charge in [-0.1, -0.05) is 24.3 Å². The van der Waals surface area contributed by atoms with Gasteiger partial charge in [0, 0.05) is 7.11 Å². The van der Waals surface area contributed by atoms with Gasteiger partial charge in [0.25, 0.3) is 0 Å². The van der Waals surface area contributed by atoms with Crippen molar-refractivity contribution in [2.45, 2.75) is 75.6 Å². The minimum absolute atomic E-state index is 0. The number of carboxylic acid groups (broad SMARTS) is 1. The minimum atomic E-state index is -1.28. The van der Waals surface area contributed by atoms with Crippen LogP contribution in [0.25, 0.3) is 0 Å². The molecule has 1 aromatic carbocycles. The first-order valence-electron chi connectivity index (χ1n) is 8.81. The van der Waals surface area contributed by atoms with Gasteiger partial charge in [-0.3, -0.25) is 0 Å². The zero-order chi connectivity index (χ0) is 17.4. The summed E-state index contributed by atoms with van der Waals surface area (Å²) >= 11 is 0. The van der Waals surface area contributed by atoms with Crippen LogP contribution >= 0.6 is 0 Å². The van der Waals surface area contributed by atoms with Crippen LogP contribution in [0.3, 0.4) is 0 Å². The molecule has 5 heteroatoms. The van der Waals surface area contributed by atoms with Gasteiger partial charge in [0.05, 0.1) is 18.2 Å². The van der Waals surface area contributed by atoms with E-state index in [1.165, 1.54) is 19.4 Å². The molecule has 0 aromatic heterocycles. The van der Waals surface area contributed by atoms with Gasteiger partial charge in [0.2, 0.25) is 0 Å². The molecule has 0 heterocycles. The van der Waals surface area contributed by atoms with Crippen molar-refractivity contribution in [3.63, 3.8) is 0 Å². The van der Waals surface area contributed by atoms with Gasteiger partial charge in [0.1, 0.15) is 5.60 Å². The average Bonchev–Trinajstić information content (AvgIpc) is 2.62. The van der Waals surface area contributed by atoms with Crippen molar-refractivity contribution in [2.24, 2.45) is 0 Å². The molecule has 0 aliphatic heterocycles. The molecular weight excluding hydrogens is 327 g/mol. The number of aliphatic carboxylic acids is 1. The van der Waals surface area contributed by atoms with Crippen LogP contribution in [-0.4, -0.2) is 24.3 Å². The van der Waals surface area contributed by atoms with Crippen molar-refractivity contribution >= 4 is 5.97 Å². The third kappa shape index (κ3) is 4.14. The Kier molecular flexibility index (Phi) is 6.44. The van der Waals surface area contributed by atoms with Crippen molar-refractivity contribution in [1.29, 1.82) is 0 Å². The summed E-state index contributed by atoms with van der Waals surface area (Å²) in [5.41, 5.74) is 1.47. The summed E-state index contributed by atoms with van der Waals surface area (Å²) in [5, 5.41) is 11.1. The van der Waals surface area contributed by atoms with E-state index in [0.29, 0.717) is 0 Å². The number of methoxy groups -OCH3 is 1. The first kappa shape index (κ1) is 20.9. The summed E-state index contributed by atoms with van der Waals surface area (Å²) in [4.78, 5) is 11.1. The van der Waals surface area contributed by atoms with Crippen molar-refractivity contribution in [2.75, 3.05) is 7.11 Å². The predicted molar refractivity (Wildman–Crippen MR) is 89.4 cm³/mol. The first-order valence-corrected chi connectivity index (χ1v) is 8.81. The number of fused-ring (bicyclic) bond motifs is 3. The molecule has 3 fully saturated rings. The Bertz CT molecular complexity index is 601. The smallest absolute Gasteiger partial charge is 0.547 e. The molecule has 0 saturated heterocycles. The second-order valence-electron chi connectivity index (χ2n) is 7.95. The number of hydrogen-bond acceptors (Lipinski definition) is 4. The van der Waals surface area contributed by atoms with E-state index in [0.717, 1.165) is 44.1 Å². The Labute approximate surface area is 172 Å². The van der Waals surface area contributed by atoms with Gasteiger partial charge in [-0.15, -0.1) is 0 Å². The van der Waals surface area contributed by atoms with E-state index in [1.807, 2.05) is 13.2 Å². The zero-order valence-corrected chi connectivity index (χ0v) is 17.9. The molecule has 0 atom stereocenters. The van der Waals surface area contributed by atoms with Crippen LogP contribution < -0.4 is 34.7 Å². The topological polar surface area (TPSA) is 58.6 Å². The maximum absolute atomic E-state index is 11.1. The number of carbonyl (C=O) groups excluding carboxylic acids is 1. The van der Waals surface area contributed by atoms with Crippen LogP contribution in [0.5, 0.6) is 0 Å². The summed E-state index contributed by atoms with van der Waals surface area (Å²) in [7, 11) is 1.84.